The first-order valence-electron chi connectivity index (χ1n) is 24.4. The molecule has 4 nitrogen and oxygen atoms in total. The lowest BCUT2D eigenvalue weighted by Crippen LogP contribution is -2.14. The van der Waals surface area contributed by atoms with Gasteiger partial charge in [-0.25, -0.2) is 0 Å². The van der Waals surface area contributed by atoms with Crippen molar-refractivity contribution in [2.24, 2.45) is 0 Å². The molecular weight excluding hydrogens is 837 g/mol. The summed E-state index contributed by atoms with van der Waals surface area (Å²) in [5, 5.41) is 4.82. The van der Waals surface area contributed by atoms with Crippen molar-refractivity contribution in [3.05, 3.63) is 222 Å². The summed E-state index contributed by atoms with van der Waals surface area (Å²) in [4.78, 5) is 8.92. The zero-order chi connectivity index (χ0) is 47.8. The van der Waals surface area contributed by atoms with Crippen molar-refractivity contribution in [1.29, 1.82) is 0 Å². The lowest BCUT2D eigenvalue weighted by molar-refractivity contribution is 0.590. The van der Waals surface area contributed by atoms with Crippen LogP contribution in [0.15, 0.2) is 194 Å². The molecule has 0 bridgehead atoms. The Morgan fingerprint density at radius 3 is 1.48 bits per heavy atom. The van der Waals surface area contributed by atoms with Crippen LogP contribution in [-0.4, -0.2) is 9.55 Å². The molecule has 1 N–H and O–H groups in total. The molecule has 0 radical (unpaired) electrons. The van der Waals surface area contributed by atoms with Gasteiger partial charge in [-0.15, -0.1) is 0 Å². The molecule has 0 saturated carbocycles. The van der Waals surface area contributed by atoms with E-state index in [0.29, 0.717) is 0 Å². The van der Waals surface area contributed by atoms with E-state index in [4.69, 9.17) is 0 Å². The van der Waals surface area contributed by atoms with Crippen molar-refractivity contribution < 1.29 is 0 Å². The Bertz CT molecular complexity index is 3690. The number of aromatic amines is 1. The molecule has 340 valence electrons. The van der Waals surface area contributed by atoms with Crippen LogP contribution >= 0.6 is 0 Å². The first kappa shape index (κ1) is 43.7. The molecule has 4 heteroatoms. The van der Waals surface area contributed by atoms with Gasteiger partial charge in [0, 0.05) is 61.1 Å². The van der Waals surface area contributed by atoms with Gasteiger partial charge in [-0.2, -0.15) is 0 Å². The maximum Gasteiger partial charge on any atom is 0.0591 e. The molecule has 0 saturated heterocycles. The molecule has 0 spiro atoms. The lowest BCUT2D eigenvalue weighted by Gasteiger charge is -2.29. The van der Waals surface area contributed by atoms with Gasteiger partial charge in [0.05, 0.1) is 27.9 Å². The van der Waals surface area contributed by atoms with Gasteiger partial charge in [-0.05, 0) is 144 Å². The van der Waals surface area contributed by atoms with Crippen LogP contribution in [0.5, 0.6) is 0 Å². The van der Waals surface area contributed by atoms with Crippen LogP contribution in [0.3, 0.4) is 0 Å². The van der Waals surface area contributed by atoms with Crippen LogP contribution < -0.4 is 9.80 Å². The van der Waals surface area contributed by atoms with Crippen molar-refractivity contribution >= 4 is 77.7 Å². The molecule has 0 atom stereocenters. The van der Waals surface area contributed by atoms with E-state index in [9.17, 15) is 0 Å². The van der Waals surface area contributed by atoms with Gasteiger partial charge in [0.15, 0.2) is 0 Å². The molecule has 11 aromatic rings. The van der Waals surface area contributed by atoms with Crippen molar-refractivity contribution in [3.63, 3.8) is 0 Å². The molecule has 9 aromatic carbocycles. The van der Waals surface area contributed by atoms with Gasteiger partial charge < -0.3 is 19.4 Å². The second-order valence-electron chi connectivity index (χ2n) is 20.9. The van der Waals surface area contributed by atoms with Crippen molar-refractivity contribution in [1.82, 2.24) is 9.55 Å². The number of nitrogens with zero attached hydrogens (tertiary/aromatic N) is 3. The van der Waals surface area contributed by atoms with Gasteiger partial charge >= 0.3 is 0 Å². The average molecular weight is 897 g/mol. The highest BCUT2D eigenvalue weighted by molar-refractivity contribution is 6.22. The molecular formula is C65H60N4. The molecule has 11 rings (SSSR count). The Morgan fingerprint density at radius 1 is 0.420 bits per heavy atom. The van der Waals surface area contributed by atoms with E-state index in [-0.39, 0.29) is 10.8 Å². The fraction of sp³-hybridized carbons (Fsp3) is 0.169. The Labute approximate surface area is 407 Å². The molecule has 0 unspecified atom stereocenters. The van der Waals surface area contributed by atoms with Crippen molar-refractivity contribution in [2.75, 3.05) is 9.80 Å². The van der Waals surface area contributed by atoms with Crippen LogP contribution in [0.1, 0.15) is 69.4 Å². The zero-order valence-electron chi connectivity index (χ0n) is 41.3. The highest BCUT2D eigenvalue weighted by Crippen LogP contribution is 2.49. The van der Waals surface area contributed by atoms with E-state index < -0.39 is 0 Å². The van der Waals surface area contributed by atoms with Crippen LogP contribution in [0, 0.1) is 20.8 Å². The third-order valence-corrected chi connectivity index (χ3v) is 14.3. The number of aryl methyl sites for hydroxylation is 3. The van der Waals surface area contributed by atoms with E-state index in [0.717, 1.165) is 45.2 Å². The third-order valence-electron chi connectivity index (χ3n) is 14.3. The molecule has 0 amide bonds. The highest BCUT2D eigenvalue weighted by atomic mass is 15.2. The number of rotatable bonds is 8. The van der Waals surface area contributed by atoms with Gasteiger partial charge in [0.2, 0.25) is 0 Å². The Morgan fingerprint density at radius 2 is 0.913 bits per heavy atom. The number of benzene rings is 9. The molecule has 2 aromatic heterocycles. The monoisotopic (exact) mass is 896 g/mol. The fourth-order valence-corrected chi connectivity index (χ4v) is 10.6. The zero-order valence-corrected chi connectivity index (χ0v) is 41.3. The minimum Gasteiger partial charge on any atom is -0.354 e. The van der Waals surface area contributed by atoms with Crippen LogP contribution in [0.25, 0.3) is 60.4 Å². The van der Waals surface area contributed by atoms with E-state index in [1.165, 1.54) is 77.2 Å². The summed E-state index contributed by atoms with van der Waals surface area (Å²) in [5.41, 5.74) is 21.3. The first-order chi connectivity index (χ1) is 33.3. The summed E-state index contributed by atoms with van der Waals surface area (Å²) in [6, 6.07) is 71.7. The third kappa shape index (κ3) is 7.56. The van der Waals surface area contributed by atoms with E-state index in [1.807, 2.05) is 0 Å². The number of aromatic nitrogens is 2. The lowest BCUT2D eigenvalue weighted by atomic mass is 9.87. The van der Waals surface area contributed by atoms with Crippen LogP contribution in [-0.2, 0) is 10.8 Å². The molecule has 0 aliphatic carbocycles. The fourth-order valence-electron chi connectivity index (χ4n) is 10.6. The molecule has 0 fully saturated rings. The Kier molecular flexibility index (Phi) is 10.6. The number of nitrogens with one attached hydrogen (secondary N) is 1. The van der Waals surface area contributed by atoms with E-state index in [2.05, 4.69) is 276 Å². The van der Waals surface area contributed by atoms with Gasteiger partial charge in [0.25, 0.3) is 0 Å². The van der Waals surface area contributed by atoms with E-state index in [1.54, 1.807) is 0 Å². The average Bonchev–Trinajstić information content (AvgIpc) is 3.87. The first-order valence-corrected chi connectivity index (χ1v) is 24.4. The normalized spacial score (nSPS) is 12.1. The van der Waals surface area contributed by atoms with Crippen LogP contribution in [0.2, 0.25) is 0 Å². The second kappa shape index (κ2) is 16.7. The number of hydrogen-bond donors (Lipinski definition) is 1. The second-order valence-corrected chi connectivity index (χ2v) is 20.9. The summed E-state index contributed by atoms with van der Waals surface area (Å²) in [7, 11) is 0. The summed E-state index contributed by atoms with van der Waals surface area (Å²) < 4.78 is 2.53. The van der Waals surface area contributed by atoms with Gasteiger partial charge in [-0.1, -0.05) is 157 Å². The quantitative estimate of drug-likeness (QED) is 0.165. The maximum absolute atomic E-state index is 4.07. The molecule has 0 aliphatic rings. The highest BCUT2D eigenvalue weighted by Gasteiger charge is 2.26. The van der Waals surface area contributed by atoms with Crippen molar-refractivity contribution in [3.8, 4) is 16.8 Å². The Hall–Kier alpha value is -7.82. The molecule has 0 aliphatic heterocycles. The number of H-pyrrole nitrogens is 1. The predicted molar refractivity (Wildman–Crippen MR) is 297 cm³/mol. The maximum atomic E-state index is 4.07. The summed E-state index contributed by atoms with van der Waals surface area (Å²) >= 11 is 0. The Balaban J connectivity index is 1.18. The molecule has 2 heterocycles. The summed E-state index contributed by atoms with van der Waals surface area (Å²) in [6.45, 7) is 20.4. The molecule has 69 heavy (non-hydrogen) atoms. The summed E-state index contributed by atoms with van der Waals surface area (Å²) in [5.74, 6) is 0. The smallest absolute Gasteiger partial charge is 0.0591 e. The van der Waals surface area contributed by atoms with Gasteiger partial charge in [0.1, 0.15) is 0 Å². The largest absolute Gasteiger partial charge is 0.354 e. The number of para-hydroxylation sites is 3. The summed E-state index contributed by atoms with van der Waals surface area (Å²) in [6.07, 6.45) is 0. The van der Waals surface area contributed by atoms with Crippen molar-refractivity contribution in [2.45, 2.75) is 73.1 Å². The number of anilines is 6. The number of fused-ring (bicyclic) bond motifs is 6. The topological polar surface area (TPSA) is 27.2 Å². The van der Waals surface area contributed by atoms with E-state index >= 15 is 0 Å². The minimum absolute atomic E-state index is 0.0453. The standard InChI is InChI=1S/C65H60N4/c1-42-20-16-18-26-51(42)61-59(68(48-24-14-11-15-25-48)50-34-30-46(31-35-50)65(7,8)9)39-36-52-54-41-60-55(40-56(54)66-62(52)61)53-37-38-58(44(3)63(53)69(60)57-27-19-17-21-43(57)2)67(47-22-12-10-13-23-47)49-32-28-45(29-33-49)64(4,5)6/h10-41,66H,1-9H3. The minimum atomic E-state index is 0.0453. The van der Waals surface area contributed by atoms with Crippen LogP contribution in [0.4, 0.5) is 34.1 Å². The number of hydrogen-bond acceptors (Lipinski definition) is 2. The predicted octanol–water partition coefficient (Wildman–Crippen LogP) is 18.5. The van der Waals surface area contributed by atoms with Gasteiger partial charge in [-0.3, -0.25) is 0 Å². The SMILES string of the molecule is Cc1ccccc1-c1c(N(c2ccccc2)c2ccc(C(C)(C)C)cc2)ccc2c1[nH]c1cc3c4ccc(N(c5ccccc5)c5ccc(C(C)(C)C)cc5)c(C)c4n(-c4ccccc4C)c3cc12.